The highest BCUT2D eigenvalue weighted by Crippen LogP contribution is 2.38. The molecule has 5 rings (SSSR count). The molecule has 1 saturated carbocycles. The molecule has 3 atom stereocenters. The van der Waals surface area contributed by atoms with E-state index in [4.69, 9.17) is 20.4 Å². The quantitative estimate of drug-likeness (QED) is 0.174. The Morgan fingerprint density at radius 1 is 1.18 bits per heavy atom. The number of hydrogen-bond acceptors (Lipinski definition) is 7. The first kappa shape index (κ1) is 25.5. The van der Waals surface area contributed by atoms with Gasteiger partial charge in [-0.1, -0.05) is 13.8 Å². The molecule has 2 aliphatic rings. The minimum atomic E-state index is -0.250. The molecule has 9 heteroatoms. The first-order chi connectivity index (χ1) is 16.6. The van der Waals surface area contributed by atoms with Gasteiger partial charge in [-0.15, -0.1) is 0 Å². The normalized spacial score (nSPS) is 20.3. The first-order valence-corrected chi connectivity index (χ1v) is 12.4. The van der Waals surface area contributed by atoms with E-state index in [1.54, 1.807) is 11.9 Å². The average Bonchev–Trinajstić information content (AvgIpc) is 3.58. The molecule has 34 heavy (non-hydrogen) atoms. The van der Waals surface area contributed by atoms with Crippen LogP contribution in [0.2, 0.25) is 0 Å². The molecule has 1 fully saturated rings. The minimum Gasteiger partial charge on any atom is -0.490 e. The van der Waals surface area contributed by atoms with Crippen LogP contribution in [0.5, 0.6) is 5.75 Å². The average molecular weight is 484 g/mol. The number of ether oxygens (including phenoxy) is 1. The summed E-state index contributed by atoms with van der Waals surface area (Å²) >= 11 is 1.70. The number of rotatable bonds is 5. The van der Waals surface area contributed by atoms with E-state index in [1.165, 1.54) is 16.2 Å². The van der Waals surface area contributed by atoms with Crippen molar-refractivity contribution in [2.45, 2.75) is 63.0 Å². The number of carbonyl (C=O) groups is 1. The molecule has 1 aliphatic heterocycles. The third-order valence-corrected chi connectivity index (χ3v) is 6.76. The second-order valence-electron chi connectivity index (χ2n) is 7.95. The van der Waals surface area contributed by atoms with Gasteiger partial charge in [0.2, 0.25) is 0 Å². The highest BCUT2D eigenvalue weighted by Gasteiger charge is 2.29. The van der Waals surface area contributed by atoms with Gasteiger partial charge >= 0.3 is 0 Å². The molecule has 8 nitrogen and oxygen atoms in total. The summed E-state index contributed by atoms with van der Waals surface area (Å²) in [5.41, 5.74) is 10.1. The molecule has 6 N–H and O–H groups in total. The summed E-state index contributed by atoms with van der Waals surface area (Å²) in [5.74, 6) is 2.18. The van der Waals surface area contributed by atoms with Crippen molar-refractivity contribution in [2.24, 2.45) is 0 Å². The number of fused-ring (bicyclic) bond motifs is 1. The van der Waals surface area contributed by atoms with Gasteiger partial charge in [0, 0.05) is 40.0 Å². The molecule has 0 amide bonds. The van der Waals surface area contributed by atoms with E-state index in [9.17, 15) is 0 Å². The van der Waals surface area contributed by atoms with Crippen molar-refractivity contribution in [3.63, 3.8) is 0 Å². The van der Waals surface area contributed by atoms with Crippen molar-refractivity contribution in [2.75, 3.05) is 11.1 Å². The molecule has 0 radical (unpaired) electrons. The number of H-pyrrole nitrogens is 1. The van der Waals surface area contributed by atoms with Crippen LogP contribution in [0.25, 0.3) is 0 Å². The minimum absolute atomic E-state index is 0.228. The van der Waals surface area contributed by atoms with E-state index >= 15 is 0 Å². The van der Waals surface area contributed by atoms with Crippen molar-refractivity contribution in [1.82, 2.24) is 14.9 Å². The fraction of sp³-hybridized carbons (Fsp3) is 0.360. The van der Waals surface area contributed by atoms with Crippen LogP contribution in [-0.4, -0.2) is 27.9 Å². The van der Waals surface area contributed by atoms with E-state index in [0.717, 1.165) is 42.2 Å². The highest BCUT2D eigenvalue weighted by atomic mass is 32.2. The van der Waals surface area contributed by atoms with Crippen LogP contribution in [0.1, 0.15) is 63.3 Å². The Bertz CT molecular complexity index is 1060. The Hall–Kier alpha value is -3.17. The number of nitrogens with one attached hydrogen (secondary N) is 3. The highest BCUT2D eigenvalue weighted by molar-refractivity contribution is 7.97. The number of aromatic nitrogens is 2. The molecule has 1 aromatic heterocycles. The van der Waals surface area contributed by atoms with E-state index in [0.29, 0.717) is 12.0 Å². The SMILES string of the molecule is CC.CC1NSc2ccc(Nc3cc(C4CCC(Oc5ccc(N)cc5)C4)[nH]n3)cc21.O=CO. The Morgan fingerprint density at radius 2 is 1.91 bits per heavy atom. The molecular formula is C25H33N5O3S. The number of anilines is 3. The molecule has 3 aromatic rings. The predicted molar refractivity (Wildman–Crippen MR) is 138 cm³/mol. The van der Waals surface area contributed by atoms with Gasteiger partial charge in [-0.05, 0) is 86.2 Å². The van der Waals surface area contributed by atoms with Gasteiger partial charge in [0.1, 0.15) is 5.75 Å². The summed E-state index contributed by atoms with van der Waals surface area (Å²) in [4.78, 5) is 9.66. The molecule has 0 saturated heterocycles. The third-order valence-electron chi connectivity index (χ3n) is 5.70. The maximum atomic E-state index is 8.36. The summed E-state index contributed by atoms with van der Waals surface area (Å²) in [5, 5.41) is 18.0. The summed E-state index contributed by atoms with van der Waals surface area (Å²) in [6.45, 7) is 5.93. The summed E-state index contributed by atoms with van der Waals surface area (Å²) in [6, 6.07) is 16.6. The van der Waals surface area contributed by atoms with Crippen molar-refractivity contribution in [3.8, 4) is 5.75 Å². The summed E-state index contributed by atoms with van der Waals surface area (Å²) in [7, 11) is 0. The van der Waals surface area contributed by atoms with Crippen molar-refractivity contribution < 1.29 is 14.6 Å². The van der Waals surface area contributed by atoms with Gasteiger partial charge < -0.3 is 20.9 Å². The Labute approximate surface area is 204 Å². The maximum Gasteiger partial charge on any atom is 0.290 e. The number of hydrogen-bond donors (Lipinski definition) is 5. The topological polar surface area (TPSA) is 125 Å². The fourth-order valence-corrected chi connectivity index (χ4v) is 5.02. The van der Waals surface area contributed by atoms with Crippen LogP contribution < -0.4 is 20.5 Å². The van der Waals surface area contributed by atoms with Crippen LogP contribution in [-0.2, 0) is 4.79 Å². The monoisotopic (exact) mass is 483 g/mol. The van der Waals surface area contributed by atoms with Crippen LogP contribution >= 0.6 is 11.9 Å². The number of carboxylic acid groups (broad SMARTS) is 1. The molecule has 182 valence electrons. The van der Waals surface area contributed by atoms with Gasteiger partial charge in [-0.3, -0.25) is 14.6 Å². The molecular weight excluding hydrogens is 450 g/mol. The lowest BCUT2D eigenvalue weighted by Crippen LogP contribution is -2.12. The molecule has 0 spiro atoms. The lowest BCUT2D eigenvalue weighted by atomic mass is 10.0. The van der Waals surface area contributed by atoms with Gasteiger partial charge in [0.25, 0.3) is 6.47 Å². The van der Waals surface area contributed by atoms with Crippen molar-refractivity contribution in [3.05, 3.63) is 59.8 Å². The number of benzene rings is 2. The van der Waals surface area contributed by atoms with Gasteiger partial charge in [-0.25, -0.2) is 0 Å². The maximum absolute atomic E-state index is 8.36. The summed E-state index contributed by atoms with van der Waals surface area (Å²) in [6.07, 6.45) is 3.36. The molecule has 1 aliphatic carbocycles. The molecule has 2 aromatic carbocycles. The van der Waals surface area contributed by atoms with E-state index in [1.807, 2.05) is 38.1 Å². The van der Waals surface area contributed by atoms with Crippen molar-refractivity contribution >= 4 is 35.6 Å². The molecule has 3 unspecified atom stereocenters. The van der Waals surface area contributed by atoms with Crippen LogP contribution in [0.15, 0.2) is 53.4 Å². The molecule has 2 heterocycles. The van der Waals surface area contributed by atoms with Crippen LogP contribution in [0.4, 0.5) is 17.2 Å². The fourth-order valence-electron chi connectivity index (χ4n) is 4.10. The van der Waals surface area contributed by atoms with Gasteiger partial charge in [-0.2, -0.15) is 5.10 Å². The third kappa shape index (κ3) is 6.45. The predicted octanol–water partition coefficient (Wildman–Crippen LogP) is 5.85. The number of aromatic amines is 1. The number of nitrogens with zero attached hydrogens (tertiary/aromatic N) is 1. The zero-order valence-electron chi connectivity index (χ0n) is 19.7. The Kier molecular flexibility index (Phi) is 9.24. The zero-order valence-corrected chi connectivity index (χ0v) is 20.6. The number of nitrogens with two attached hydrogens (primary N) is 1. The van der Waals surface area contributed by atoms with Gasteiger partial charge in [0.05, 0.1) is 6.10 Å². The van der Waals surface area contributed by atoms with Crippen molar-refractivity contribution in [1.29, 1.82) is 0 Å². The van der Waals surface area contributed by atoms with Crippen LogP contribution in [0, 0.1) is 0 Å². The van der Waals surface area contributed by atoms with Gasteiger partial charge in [0.15, 0.2) is 5.82 Å². The smallest absolute Gasteiger partial charge is 0.290 e. The van der Waals surface area contributed by atoms with E-state index in [2.05, 4.69) is 51.4 Å². The largest absolute Gasteiger partial charge is 0.490 e. The molecule has 0 bridgehead atoms. The standard InChI is InChI=1S/C22H25N5OS.C2H6.CH2O2/c1-13-19-11-16(5-9-21(19)29-27-13)24-22-12-20(25-26-22)14-2-6-18(10-14)28-17-7-3-15(23)4-8-17;1-2;2-1-3/h3-5,7-9,11-14,18,27H,2,6,10,23H2,1H3,(H2,24,25,26);1-2H3;1H,(H,2,3). The first-order valence-electron chi connectivity index (χ1n) is 11.5. The summed E-state index contributed by atoms with van der Waals surface area (Å²) < 4.78 is 9.51. The second kappa shape index (κ2) is 12.3. The number of nitrogen functional groups attached to an aromatic ring is 1. The second-order valence-corrected chi connectivity index (χ2v) is 8.83. The lowest BCUT2D eigenvalue weighted by Gasteiger charge is -2.14. The Morgan fingerprint density at radius 3 is 2.65 bits per heavy atom. The Balaban J connectivity index is 0.000000603. The van der Waals surface area contributed by atoms with E-state index < -0.39 is 0 Å². The lowest BCUT2D eigenvalue weighted by molar-refractivity contribution is -0.122. The zero-order chi connectivity index (χ0) is 24.5. The van der Waals surface area contributed by atoms with E-state index in [-0.39, 0.29) is 12.6 Å². The van der Waals surface area contributed by atoms with Crippen LogP contribution in [0.3, 0.4) is 0 Å².